The molecule has 0 bridgehead atoms. The molecule has 4 rings (SSSR count). The maximum Gasteiger partial charge on any atom is 0.305 e. The first-order valence-corrected chi connectivity index (χ1v) is 9.38. The van der Waals surface area contributed by atoms with Crippen molar-refractivity contribution in [1.82, 2.24) is 19.7 Å². The van der Waals surface area contributed by atoms with E-state index in [1.54, 1.807) is 9.58 Å². The molecule has 7 heteroatoms. The summed E-state index contributed by atoms with van der Waals surface area (Å²) < 4.78 is 1.69. The van der Waals surface area contributed by atoms with Gasteiger partial charge in [-0.2, -0.15) is 5.10 Å². The van der Waals surface area contributed by atoms with Gasteiger partial charge in [-0.25, -0.2) is 4.98 Å². The van der Waals surface area contributed by atoms with E-state index in [2.05, 4.69) is 5.10 Å². The minimum Gasteiger partial charge on any atom is -0.481 e. The Hall–Kier alpha value is -3.22. The number of aromatic nitrogens is 3. The summed E-state index contributed by atoms with van der Waals surface area (Å²) >= 11 is 0. The van der Waals surface area contributed by atoms with Gasteiger partial charge in [0.15, 0.2) is 5.65 Å². The Bertz CT molecular complexity index is 1060. The number of nitrogens with zero attached hydrogens (tertiary/aromatic N) is 4. The Morgan fingerprint density at radius 3 is 2.71 bits per heavy atom. The third-order valence-electron chi connectivity index (χ3n) is 5.32. The van der Waals surface area contributed by atoms with Crippen molar-refractivity contribution in [1.29, 1.82) is 0 Å². The van der Waals surface area contributed by atoms with Crippen molar-refractivity contribution in [2.24, 2.45) is 7.05 Å². The SMILES string of the molecule is Cc1nn(C)c2nc(-c3ccccc3)cc(C(=O)N3CCCC3CC(=O)O)c12. The number of amides is 1. The lowest BCUT2D eigenvalue weighted by Crippen LogP contribution is -2.37. The maximum absolute atomic E-state index is 13.5. The van der Waals surface area contributed by atoms with Crippen molar-refractivity contribution >= 4 is 22.9 Å². The molecule has 1 aromatic carbocycles. The summed E-state index contributed by atoms with van der Waals surface area (Å²) in [6, 6.07) is 11.2. The molecular formula is C21H22N4O3. The van der Waals surface area contributed by atoms with E-state index in [-0.39, 0.29) is 18.4 Å². The third-order valence-corrected chi connectivity index (χ3v) is 5.32. The van der Waals surface area contributed by atoms with Crippen molar-refractivity contribution in [2.75, 3.05) is 6.54 Å². The van der Waals surface area contributed by atoms with Crippen LogP contribution in [0.25, 0.3) is 22.3 Å². The number of carboxylic acid groups (broad SMARTS) is 1. The van der Waals surface area contributed by atoms with Crippen molar-refractivity contribution in [3.05, 3.63) is 47.7 Å². The second-order valence-electron chi connectivity index (χ2n) is 7.22. The number of carboxylic acids is 1. The number of aliphatic carboxylic acids is 1. The molecule has 3 heterocycles. The van der Waals surface area contributed by atoms with Gasteiger partial charge in [-0.15, -0.1) is 0 Å². The molecule has 1 fully saturated rings. The average molecular weight is 378 g/mol. The number of pyridine rings is 1. The predicted octanol–water partition coefficient (Wildman–Crippen LogP) is 3.02. The van der Waals surface area contributed by atoms with Gasteiger partial charge < -0.3 is 10.0 Å². The Morgan fingerprint density at radius 1 is 1.25 bits per heavy atom. The quantitative estimate of drug-likeness (QED) is 0.754. The van der Waals surface area contributed by atoms with Gasteiger partial charge in [0.05, 0.1) is 28.8 Å². The summed E-state index contributed by atoms with van der Waals surface area (Å²) in [5.41, 5.74) is 3.54. The van der Waals surface area contributed by atoms with Crippen molar-refractivity contribution < 1.29 is 14.7 Å². The van der Waals surface area contributed by atoms with E-state index >= 15 is 0 Å². The van der Waals surface area contributed by atoms with E-state index in [9.17, 15) is 14.7 Å². The summed E-state index contributed by atoms with van der Waals surface area (Å²) in [5, 5.41) is 14.4. The number of benzene rings is 1. The fourth-order valence-electron chi connectivity index (χ4n) is 4.04. The van der Waals surface area contributed by atoms with Crippen LogP contribution in [-0.4, -0.2) is 49.2 Å². The molecule has 3 aromatic rings. The lowest BCUT2D eigenvalue weighted by molar-refractivity contribution is -0.137. The van der Waals surface area contributed by atoms with E-state index in [1.165, 1.54) is 0 Å². The van der Waals surface area contributed by atoms with E-state index in [0.29, 0.717) is 29.9 Å². The van der Waals surface area contributed by atoms with Gasteiger partial charge in [-0.1, -0.05) is 30.3 Å². The first-order chi connectivity index (χ1) is 13.5. The highest BCUT2D eigenvalue weighted by molar-refractivity contribution is 6.07. The van der Waals surface area contributed by atoms with Crippen LogP contribution in [-0.2, 0) is 11.8 Å². The summed E-state index contributed by atoms with van der Waals surface area (Å²) in [6.45, 7) is 2.43. The van der Waals surface area contributed by atoms with Crippen LogP contribution in [0.3, 0.4) is 0 Å². The molecule has 28 heavy (non-hydrogen) atoms. The Labute approximate surface area is 162 Å². The lowest BCUT2D eigenvalue weighted by Gasteiger charge is -2.24. The number of carbonyl (C=O) groups is 2. The molecule has 0 radical (unpaired) electrons. The Kier molecular flexibility index (Phi) is 4.58. The number of rotatable bonds is 4. The van der Waals surface area contributed by atoms with Crippen LogP contribution in [0.15, 0.2) is 36.4 Å². The smallest absolute Gasteiger partial charge is 0.305 e. The highest BCUT2D eigenvalue weighted by atomic mass is 16.4. The number of likely N-dealkylation sites (tertiary alicyclic amines) is 1. The zero-order valence-electron chi connectivity index (χ0n) is 15.9. The number of hydrogen-bond acceptors (Lipinski definition) is 4. The van der Waals surface area contributed by atoms with Crippen LogP contribution in [0.2, 0.25) is 0 Å². The van der Waals surface area contributed by atoms with Crippen LogP contribution < -0.4 is 0 Å². The molecule has 0 spiro atoms. The Balaban J connectivity index is 1.85. The van der Waals surface area contributed by atoms with E-state index < -0.39 is 5.97 Å². The maximum atomic E-state index is 13.5. The molecule has 7 nitrogen and oxygen atoms in total. The van der Waals surface area contributed by atoms with Crippen LogP contribution in [0.1, 0.15) is 35.3 Å². The summed E-state index contributed by atoms with van der Waals surface area (Å²) in [5.74, 6) is -1.03. The van der Waals surface area contributed by atoms with E-state index in [0.717, 1.165) is 23.1 Å². The average Bonchev–Trinajstić information content (AvgIpc) is 3.25. The molecular weight excluding hydrogens is 356 g/mol. The van der Waals surface area contributed by atoms with E-state index in [1.807, 2.05) is 50.4 Å². The lowest BCUT2D eigenvalue weighted by atomic mass is 10.0. The first-order valence-electron chi connectivity index (χ1n) is 9.38. The highest BCUT2D eigenvalue weighted by Gasteiger charge is 2.32. The predicted molar refractivity (Wildman–Crippen MR) is 105 cm³/mol. The molecule has 1 amide bonds. The standard InChI is InChI=1S/C21H22N4O3/c1-13-19-16(21(28)25-10-6-9-15(25)11-18(26)27)12-17(14-7-4-3-5-8-14)22-20(19)24(2)23-13/h3-5,7-8,12,15H,6,9-11H2,1-2H3,(H,26,27). The minimum atomic E-state index is -0.882. The van der Waals surface area contributed by atoms with Crippen molar-refractivity contribution in [3.63, 3.8) is 0 Å². The molecule has 1 atom stereocenters. The molecule has 1 unspecified atom stereocenters. The highest BCUT2D eigenvalue weighted by Crippen LogP contribution is 2.30. The summed E-state index contributed by atoms with van der Waals surface area (Å²) in [6.07, 6.45) is 1.50. The van der Waals surface area contributed by atoms with Crippen LogP contribution in [0.5, 0.6) is 0 Å². The topological polar surface area (TPSA) is 88.3 Å². The second-order valence-corrected chi connectivity index (χ2v) is 7.22. The third kappa shape index (κ3) is 3.13. The molecule has 1 N–H and O–H groups in total. The van der Waals surface area contributed by atoms with Gasteiger partial charge in [-0.3, -0.25) is 14.3 Å². The molecule has 1 aliphatic rings. The number of carbonyl (C=O) groups excluding carboxylic acids is 1. The van der Waals surface area contributed by atoms with Gasteiger partial charge in [0.2, 0.25) is 0 Å². The number of aryl methyl sites for hydroxylation is 2. The number of fused-ring (bicyclic) bond motifs is 1. The first kappa shape index (κ1) is 18.2. The zero-order valence-corrected chi connectivity index (χ0v) is 15.9. The zero-order chi connectivity index (χ0) is 19.8. The molecule has 1 saturated heterocycles. The molecule has 144 valence electrons. The van der Waals surface area contributed by atoms with Gasteiger partial charge >= 0.3 is 5.97 Å². The van der Waals surface area contributed by atoms with Gasteiger partial charge in [0, 0.05) is 25.2 Å². The van der Waals surface area contributed by atoms with Gasteiger partial charge in [-0.05, 0) is 25.8 Å². The molecule has 0 saturated carbocycles. The Morgan fingerprint density at radius 2 is 2.00 bits per heavy atom. The van der Waals surface area contributed by atoms with Crippen LogP contribution in [0.4, 0.5) is 0 Å². The largest absolute Gasteiger partial charge is 0.481 e. The monoisotopic (exact) mass is 378 g/mol. The fraction of sp³-hybridized carbons (Fsp3) is 0.333. The summed E-state index contributed by atoms with van der Waals surface area (Å²) in [4.78, 5) is 31.1. The molecule has 1 aliphatic heterocycles. The fourth-order valence-corrected chi connectivity index (χ4v) is 4.04. The molecule has 0 aliphatic carbocycles. The molecule has 2 aromatic heterocycles. The number of hydrogen-bond donors (Lipinski definition) is 1. The van der Waals surface area contributed by atoms with Crippen molar-refractivity contribution in [3.8, 4) is 11.3 Å². The van der Waals surface area contributed by atoms with Crippen molar-refractivity contribution in [2.45, 2.75) is 32.2 Å². The van der Waals surface area contributed by atoms with E-state index in [4.69, 9.17) is 4.98 Å². The van der Waals surface area contributed by atoms with Gasteiger partial charge in [0.25, 0.3) is 5.91 Å². The van der Waals surface area contributed by atoms with Crippen LogP contribution in [0, 0.1) is 6.92 Å². The normalized spacial score (nSPS) is 16.6. The summed E-state index contributed by atoms with van der Waals surface area (Å²) in [7, 11) is 1.81. The van der Waals surface area contributed by atoms with Gasteiger partial charge in [0.1, 0.15) is 0 Å². The second kappa shape index (κ2) is 7.07. The van der Waals surface area contributed by atoms with Crippen LogP contribution >= 0.6 is 0 Å². The minimum absolute atomic E-state index is 0.0302.